The molecular formula is C29H27ClN2O3. The Balaban J connectivity index is 1.38. The summed E-state index contributed by atoms with van der Waals surface area (Å²) in [6.07, 6.45) is 3.48. The second-order valence-corrected chi connectivity index (χ2v) is 9.06. The molecule has 3 aromatic carbocycles. The molecule has 0 aliphatic carbocycles. The molecule has 178 valence electrons. The molecule has 0 bridgehead atoms. The summed E-state index contributed by atoms with van der Waals surface area (Å²) < 4.78 is 11.5. The molecule has 0 unspecified atom stereocenters. The van der Waals surface area contributed by atoms with E-state index in [1.54, 1.807) is 19.4 Å². The van der Waals surface area contributed by atoms with Crippen LogP contribution in [0.5, 0.6) is 5.75 Å². The summed E-state index contributed by atoms with van der Waals surface area (Å²) in [4.78, 5) is 17.2. The van der Waals surface area contributed by atoms with Crippen molar-refractivity contribution >= 4 is 39.7 Å². The summed E-state index contributed by atoms with van der Waals surface area (Å²) in [5.41, 5.74) is 5.58. The first-order chi connectivity index (χ1) is 17.0. The number of methoxy groups -OCH3 is 1. The molecule has 0 N–H and O–H groups in total. The van der Waals surface area contributed by atoms with Crippen LogP contribution in [0, 0.1) is 0 Å². The minimum atomic E-state index is -0.000986. The van der Waals surface area contributed by atoms with Crippen molar-refractivity contribution in [3.63, 3.8) is 0 Å². The van der Waals surface area contributed by atoms with Crippen LogP contribution >= 0.6 is 11.6 Å². The standard InChI is InChI=1S/C29H27ClN2O3/c1-20(16-29(33)32-14-12-31(13-15-32)26-11-7-6-10-25(26)30)22-17-23-24(21-8-4-3-5-9-21)19-35-28(23)18-27(22)34-2/h3-11,16-19H,12-15H2,1-2H3/b20-16+. The van der Waals surface area contributed by atoms with Crippen molar-refractivity contribution in [3.8, 4) is 16.9 Å². The van der Waals surface area contributed by atoms with E-state index in [2.05, 4.69) is 23.1 Å². The number of allylic oxidation sites excluding steroid dienone is 1. The molecule has 5 rings (SSSR count). The Hall–Kier alpha value is -3.70. The summed E-state index contributed by atoms with van der Waals surface area (Å²) in [6.45, 7) is 4.72. The molecule has 1 aliphatic rings. The van der Waals surface area contributed by atoms with E-state index in [9.17, 15) is 4.79 Å². The van der Waals surface area contributed by atoms with Crippen molar-refractivity contribution in [3.05, 3.63) is 89.7 Å². The molecule has 1 fully saturated rings. The number of hydrogen-bond donors (Lipinski definition) is 0. The molecule has 1 aliphatic heterocycles. The summed E-state index contributed by atoms with van der Waals surface area (Å²) in [5.74, 6) is 0.676. The van der Waals surface area contributed by atoms with Gasteiger partial charge in [-0.15, -0.1) is 0 Å². The molecule has 5 nitrogen and oxygen atoms in total. The van der Waals surface area contributed by atoms with Gasteiger partial charge in [0, 0.05) is 54.8 Å². The number of rotatable bonds is 5. The fourth-order valence-electron chi connectivity index (χ4n) is 4.60. The van der Waals surface area contributed by atoms with Gasteiger partial charge in [-0.1, -0.05) is 54.1 Å². The lowest BCUT2D eigenvalue weighted by Gasteiger charge is -2.36. The predicted octanol–water partition coefficient (Wildman–Crippen LogP) is 6.51. The zero-order valence-corrected chi connectivity index (χ0v) is 20.6. The fraction of sp³-hybridized carbons (Fsp3) is 0.207. The molecule has 35 heavy (non-hydrogen) atoms. The van der Waals surface area contributed by atoms with Crippen LogP contribution in [-0.2, 0) is 4.79 Å². The Labute approximate surface area is 210 Å². The topological polar surface area (TPSA) is 45.9 Å². The third kappa shape index (κ3) is 4.64. The molecule has 1 amide bonds. The monoisotopic (exact) mass is 486 g/mol. The Morgan fingerprint density at radius 1 is 1.00 bits per heavy atom. The third-order valence-electron chi connectivity index (χ3n) is 6.53. The number of furan rings is 1. The highest BCUT2D eigenvalue weighted by atomic mass is 35.5. The van der Waals surface area contributed by atoms with Crippen molar-refractivity contribution in [2.24, 2.45) is 0 Å². The lowest BCUT2D eigenvalue weighted by molar-refractivity contribution is -0.126. The number of amides is 1. The molecule has 0 radical (unpaired) electrons. The number of ether oxygens (including phenoxy) is 1. The van der Waals surface area contributed by atoms with E-state index in [1.807, 2.05) is 60.4 Å². The second kappa shape index (κ2) is 9.88. The maximum absolute atomic E-state index is 13.1. The Bertz CT molecular complexity index is 1390. The second-order valence-electron chi connectivity index (χ2n) is 8.66. The Kier molecular flexibility index (Phi) is 6.51. The first-order valence-corrected chi connectivity index (χ1v) is 12.0. The highest BCUT2D eigenvalue weighted by Crippen LogP contribution is 2.37. The molecule has 1 saturated heterocycles. The number of piperazine rings is 1. The quantitative estimate of drug-likeness (QED) is 0.301. The van der Waals surface area contributed by atoms with E-state index in [4.69, 9.17) is 20.8 Å². The van der Waals surface area contributed by atoms with Crippen molar-refractivity contribution in [1.29, 1.82) is 0 Å². The maximum atomic E-state index is 13.1. The van der Waals surface area contributed by atoms with Crippen LogP contribution in [0.4, 0.5) is 5.69 Å². The zero-order valence-electron chi connectivity index (χ0n) is 19.8. The normalized spacial score (nSPS) is 14.4. The lowest BCUT2D eigenvalue weighted by Crippen LogP contribution is -2.48. The van der Waals surface area contributed by atoms with E-state index < -0.39 is 0 Å². The molecule has 2 heterocycles. The van der Waals surface area contributed by atoms with Crippen LogP contribution in [0.2, 0.25) is 5.02 Å². The van der Waals surface area contributed by atoms with Gasteiger partial charge >= 0.3 is 0 Å². The number of halogens is 1. The smallest absolute Gasteiger partial charge is 0.246 e. The average molecular weight is 487 g/mol. The van der Waals surface area contributed by atoms with Gasteiger partial charge in [0.25, 0.3) is 0 Å². The van der Waals surface area contributed by atoms with Crippen LogP contribution < -0.4 is 9.64 Å². The molecule has 4 aromatic rings. The molecule has 0 atom stereocenters. The first kappa shape index (κ1) is 23.1. The number of fused-ring (bicyclic) bond motifs is 1. The van der Waals surface area contributed by atoms with Gasteiger partial charge in [0.2, 0.25) is 5.91 Å². The Morgan fingerprint density at radius 2 is 1.71 bits per heavy atom. The van der Waals surface area contributed by atoms with Gasteiger partial charge in [0.15, 0.2) is 0 Å². The number of carbonyl (C=O) groups is 1. The third-order valence-corrected chi connectivity index (χ3v) is 6.85. The summed E-state index contributed by atoms with van der Waals surface area (Å²) in [7, 11) is 1.63. The summed E-state index contributed by atoms with van der Waals surface area (Å²) in [6, 6.07) is 21.9. The van der Waals surface area contributed by atoms with Crippen LogP contribution in [-0.4, -0.2) is 44.1 Å². The van der Waals surface area contributed by atoms with Crippen molar-refractivity contribution < 1.29 is 13.9 Å². The maximum Gasteiger partial charge on any atom is 0.246 e. The average Bonchev–Trinajstić information content (AvgIpc) is 3.31. The largest absolute Gasteiger partial charge is 0.496 e. The van der Waals surface area contributed by atoms with E-state index in [-0.39, 0.29) is 5.91 Å². The zero-order chi connectivity index (χ0) is 24.4. The van der Waals surface area contributed by atoms with Gasteiger partial charge in [0.1, 0.15) is 11.3 Å². The van der Waals surface area contributed by atoms with E-state index in [0.29, 0.717) is 18.8 Å². The fourth-order valence-corrected chi connectivity index (χ4v) is 4.86. The Morgan fingerprint density at radius 3 is 2.43 bits per heavy atom. The van der Waals surface area contributed by atoms with Crippen molar-refractivity contribution in [2.75, 3.05) is 38.2 Å². The van der Waals surface area contributed by atoms with Crippen molar-refractivity contribution in [2.45, 2.75) is 6.92 Å². The summed E-state index contributed by atoms with van der Waals surface area (Å²) >= 11 is 6.35. The number of carbonyl (C=O) groups excluding carboxylic acids is 1. The molecule has 6 heteroatoms. The summed E-state index contributed by atoms with van der Waals surface area (Å²) in [5, 5.41) is 1.72. The van der Waals surface area contributed by atoms with Crippen molar-refractivity contribution in [1.82, 2.24) is 4.90 Å². The van der Waals surface area contributed by atoms with Crippen LogP contribution in [0.1, 0.15) is 12.5 Å². The van der Waals surface area contributed by atoms with Crippen LogP contribution in [0.3, 0.4) is 0 Å². The molecular weight excluding hydrogens is 460 g/mol. The van der Waals surface area contributed by atoms with Gasteiger partial charge in [-0.2, -0.15) is 0 Å². The number of benzene rings is 3. The van der Waals surface area contributed by atoms with E-state index >= 15 is 0 Å². The predicted molar refractivity (Wildman–Crippen MR) is 142 cm³/mol. The minimum absolute atomic E-state index is 0.000986. The van der Waals surface area contributed by atoms with Gasteiger partial charge < -0.3 is 19.0 Å². The first-order valence-electron chi connectivity index (χ1n) is 11.7. The highest BCUT2D eigenvalue weighted by molar-refractivity contribution is 6.33. The van der Waals surface area contributed by atoms with Gasteiger partial charge in [-0.25, -0.2) is 0 Å². The number of nitrogens with zero attached hydrogens (tertiary/aromatic N) is 2. The van der Waals surface area contributed by atoms with E-state index in [1.165, 1.54) is 0 Å². The number of para-hydroxylation sites is 1. The van der Waals surface area contributed by atoms with Gasteiger partial charge in [-0.3, -0.25) is 4.79 Å². The molecule has 0 saturated carbocycles. The minimum Gasteiger partial charge on any atom is -0.496 e. The lowest BCUT2D eigenvalue weighted by atomic mass is 9.99. The number of hydrogen-bond acceptors (Lipinski definition) is 4. The van der Waals surface area contributed by atoms with Gasteiger partial charge in [-0.05, 0) is 36.3 Å². The van der Waals surface area contributed by atoms with Gasteiger partial charge in [0.05, 0.1) is 24.1 Å². The van der Waals surface area contributed by atoms with E-state index in [0.717, 1.165) is 57.0 Å². The molecule has 1 aromatic heterocycles. The highest BCUT2D eigenvalue weighted by Gasteiger charge is 2.22. The SMILES string of the molecule is COc1cc2occ(-c3ccccc3)c2cc1/C(C)=C/C(=O)N1CCN(c2ccccc2Cl)CC1. The van der Waals surface area contributed by atoms with Crippen LogP contribution in [0.15, 0.2) is 83.5 Å². The van der Waals surface area contributed by atoms with Crippen LogP contribution in [0.25, 0.3) is 27.7 Å². The number of anilines is 1. The molecule has 0 spiro atoms.